The highest BCUT2D eigenvalue weighted by atomic mass is 35.5. The van der Waals surface area contributed by atoms with E-state index in [0.29, 0.717) is 5.56 Å². The van der Waals surface area contributed by atoms with E-state index < -0.39 is 4.92 Å². The van der Waals surface area contributed by atoms with Crippen LogP contribution in [0.3, 0.4) is 0 Å². The van der Waals surface area contributed by atoms with E-state index in [1.54, 1.807) is 0 Å². The number of nitro groups is 1. The Bertz CT molecular complexity index is 519. The van der Waals surface area contributed by atoms with Crippen LogP contribution >= 0.6 is 24.0 Å². The minimum absolute atomic E-state index is 0. The van der Waals surface area contributed by atoms with Crippen molar-refractivity contribution >= 4 is 35.6 Å². The molecule has 6 nitrogen and oxygen atoms in total. The molecule has 0 saturated carbocycles. The average molecular weight is 334 g/mol. The quantitative estimate of drug-likeness (QED) is 0.652. The van der Waals surface area contributed by atoms with Gasteiger partial charge in [-0.3, -0.25) is 14.9 Å². The maximum absolute atomic E-state index is 11.9. The Balaban J connectivity index is 0.00000220. The second-order valence-electron chi connectivity index (χ2n) is 4.82. The summed E-state index contributed by atoms with van der Waals surface area (Å²) in [6.45, 7) is 1.76. The number of nitrogens with zero attached hydrogens (tertiary/aromatic N) is 1. The average Bonchev–Trinajstić information content (AvgIpc) is 2.42. The first kappa shape index (κ1) is 17.7. The molecule has 1 saturated heterocycles. The predicted octanol–water partition coefficient (Wildman–Crippen LogP) is 2.08. The summed E-state index contributed by atoms with van der Waals surface area (Å²) in [4.78, 5) is 22.0. The number of nitro benzene ring substituents is 1. The summed E-state index contributed by atoms with van der Waals surface area (Å²) in [5, 5.41) is 17.0. The molecule has 1 aromatic carbocycles. The van der Waals surface area contributed by atoms with Crippen LogP contribution in [-0.2, 0) is 11.2 Å². The molecule has 0 aromatic heterocycles. The van der Waals surface area contributed by atoms with Crippen LogP contribution in [0.4, 0.5) is 5.69 Å². The van der Waals surface area contributed by atoms with Gasteiger partial charge in [-0.15, -0.1) is 12.4 Å². The van der Waals surface area contributed by atoms with Gasteiger partial charge in [0.2, 0.25) is 5.91 Å². The number of benzene rings is 1. The summed E-state index contributed by atoms with van der Waals surface area (Å²) in [5.74, 6) is -0.116. The number of nitrogens with one attached hydrogen (secondary N) is 2. The van der Waals surface area contributed by atoms with Gasteiger partial charge in [0.15, 0.2) is 0 Å². The first-order valence-electron chi connectivity index (χ1n) is 6.49. The number of non-ortho nitro benzene ring substituents is 1. The Hall–Kier alpha value is -1.37. The van der Waals surface area contributed by atoms with Crippen molar-refractivity contribution in [2.45, 2.75) is 25.3 Å². The lowest BCUT2D eigenvalue weighted by Gasteiger charge is -2.23. The smallest absolute Gasteiger partial charge is 0.270 e. The second kappa shape index (κ2) is 8.17. The van der Waals surface area contributed by atoms with Crippen LogP contribution in [0.15, 0.2) is 18.2 Å². The molecule has 116 valence electrons. The minimum Gasteiger partial charge on any atom is -0.352 e. The minimum atomic E-state index is -0.510. The maximum Gasteiger partial charge on any atom is 0.270 e. The van der Waals surface area contributed by atoms with Crippen molar-refractivity contribution in [3.05, 3.63) is 38.9 Å². The highest BCUT2D eigenvalue weighted by Crippen LogP contribution is 2.22. The summed E-state index contributed by atoms with van der Waals surface area (Å²) in [7, 11) is 0. The number of halogens is 2. The van der Waals surface area contributed by atoms with E-state index in [4.69, 9.17) is 11.6 Å². The highest BCUT2D eigenvalue weighted by Gasteiger charge is 2.17. The van der Waals surface area contributed by atoms with Gasteiger partial charge in [-0.1, -0.05) is 17.7 Å². The molecule has 0 spiro atoms. The van der Waals surface area contributed by atoms with Crippen LogP contribution in [0.5, 0.6) is 0 Å². The van der Waals surface area contributed by atoms with Gasteiger partial charge in [0, 0.05) is 24.7 Å². The van der Waals surface area contributed by atoms with Crippen LogP contribution in [0, 0.1) is 10.1 Å². The highest BCUT2D eigenvalue weighted by molar-refractivity contribution is 6.31. The monoisotopic (exact) mass is 333 g/mol. The maximum atomic E-state index is 11.9. The topological polar surface area (TPSA) is 84.3 Å². The molecule has 21 heavy (non-hydrogen) atoms. The van der Waals surface area contributed by atoms with Gasteiger partial charge < -0.3 is 10.6 Å². The molecular weight excluding hydrogens is 317 g/mol. The SMILES string of the molecule is Cl.O=C(Cc1ccc([N+](=O)[O-])cc1Cl)NC1CCCNC1. The molecule has 1 aromatic rings. The van der Waals surface area contributed by atoms with Gasteiger partial charge >= 0.3 is 0 Å². The van der Waals surface area contributed by atoms with Crippen molar-refractivity contribution in [2.24, 2.45) is 0 Å². The predicted molar refractivity (Wildman–Crippen MR) is 83.1 cm³/mol. The first-order valence-corrected chi connectivity index (χ1v) is 6.87. The third kappa shape index (κ3) is 5.15. The number of rotatable bonds is 4. The summed E-state index contributed by atoms with van der Waals surface area (Å²) in [5.41, 5.74) is 0.522. The molecule has 1 heterocycles. The zero-order valence-electron chi connectivity index (χ0n) is 11.3. The van der Waals surface area contributed by atoms with Crippen molar-refractivity contribution in [1.29, 1.82) is 0 Å². The van der Waals surface area contributed by atoms with Gasteiger partial charge in [0.25, 0.3) is 5.69 Å². The van der Waals surface area contributed by atoms with Crippen molar-refractivity contribution in [1.82, 2.24) is 10.6 Å². The van der Waals surface area contributed by atoms with E-state index >= 15 is 0 Å². The molecule has 2 N–H and O–H groups in total. The van der Waals surface area contributed by atoms with Crippen LogP contribution < -0.4 is 10.6 Å². The van der Waals surface area contributed by atoms with E-state index in [1.165, 1.54) is 18.2 Å². The molecule has 1 fully saturated rings. The number of carbonyl (C=O) groups is 1. The Kier molecular flexibility index (Phi) is 6.87. The third-order valence-electron chi connectivity index (χ3n) is 3.26. The Morgan fingerprint density at radius 2 is 2.29 bits per heavy atom. The van der Waals surface area contributed by atoms with E-state index in [2.05, 4.69) is 10.6 Å². The van der Waals surface area contributed by atoms with E-state index in [0.717, 1.165) is 25.9 Å². The van der Waals surface area contributed by atoms with Gasteiger partial charge in [-0.25, -0.2) is 0 Å². The lowest BCUT2D eigenvalue weighted by atomic mass is 10.1. The molecule has 1 aliphatic rings. The lowest BCUT2D eigenvalue weighted by Crippen LogP contribution is -2.46. The number of amides is 1. The number of hydrogen-bond acceptors (Lipinski definition) is 4. The fourth-order valence-corrected chi connectivity index (χ4v) is 2.46. The third-order valence-corrected chi connectivity index (χ3v) is 3.61. The zero-order valence-corrected chi connectivity index (χ0v) is 12.9. The molecule has 0 bridgehead atoms. The first-order chi connectivity index (χ1) is 9.56. The second-order valence-corrected chi connectivity index (χ2v) is 5.23. The summed E-state index contributed by atoms with van der Waals surface area (Å²) >= 11 is 5.96. The molecule has 2 rings (SSSR count). The molecule has 1 amide bonds. The fourth-order valence-electron chi connectivity index (χ4n) is 2.22. The van der Waals surface area contributed by atoms with E-state index in [-0.39, 0.29) is 41.5 Å². The summed E-state index contributed by atoms with van der Waals surface area (Å²) in [6.07, 6.45) is 2.14. The van der Waals surface area contributed by atoms with Gasteiger partial charge in [0.05, 0.1) is 16.4 Å². The molecule has 0 aliphatic carbocycles. The van der Waals surface area contributed by atoms with E-state index in [9.17, 15) is 14.9 Å². The standard InChI is InChI=1S/C13H16ClN3O3.ClH/c14-12-7-11(17(19)20)4-3-9(12)6-13(18)16-10-2-1-5-15-8-10;/h3-4,7,10,15H,1-2,5-6,8H2,(H,16,18);1H. The number of carbonyl (C=O) groups excluding carboxylic acids is 1. The van der Waals surface area contributed by atoms with Gasteiger partial charge in [-0.05, 0) is 24.9 Å². The van der Waals surface area contributed by atoms with Gasteiger partial charge in [-0.2, -0.15) is 0 Å². The zero-order chi connectivity index (χ0) is 14.5. The molecular formula is C13H17Cl2N3O3. The Morgan fingerprint density at radius 3 is 2.86 bits per heavy atom. The van der Waals surface area contributed by atoms with Crippen LogP contribution in [0.25, 0.3) is 0 Å². The lowest BCUT2D eigenvalue weighted by molar-refractivity contribution is -0.384. The van der Waals surface area contributed by atoms with Crippen molar-refractivity contribution in [3.8, 4) is 0 Å². The summed E-state index contributed by atoms with van der Waals surface area (Å²) in [6, 6.07) is 4.30. The van der Waals surface area contributed by atoms with Crippen molar-refractivity contribution in [3.63, 3.8) is 0 Å². The molecule has 0 radical (unpaired) electrons. The van der Waals surface area contributed by atoms with Crippen LogP contribution in [0.2, 0.25) is 5.02 Å². The largest absolute Gasteiger partial charge is 0.352 e. The molecule has 1 atom stereocenters. The van der Waals surface area contributed by atoms with Gasteiger partial charge in [0.1, 0.15) is 0 Å². The number of hydrogen-bond donors (Lipinski definition) is 2. The van der Waals surface area contributed by atoms with Crippen LogP contribution in [0.1, 0.15) is 18.4 Å². The Morgan fingerprint density at radius 1 is 1.52 bits per heavy atom. The summed E-state index contributed by atoms with van der Waals surface area (Å²) < 4.78 is 0. The number of piperidine rings is 1. The van der Waals surface area contributed by atoms with Crippen LogP contribution in [-0.4, -0.2) is 30.0 Å². The van der Waals surface area contributed by atoms with Crippen molar-refractivity contribution < 1.29 is 9.72 Å². The molecule has 8 heteroatoms. The molecule has 1 unspecified atom stereocenters. The van der Waals surface area contributed by atoms with E-state index in [1.807, 2.05) is 0 Å². The normalized spacial score (nSPS) is 17.7. The Labute approximate surface area is 133 Å². The fraction of sp³-hybridized carbons (Fsp3) is 0.462. The van der Waals surface area contributed by atoms with Crippen molar-refractivity contribution in [2.75, 3.05) is 13.1 Å². The molecule has 1 aliphatic heterocycles.